The molecule has 0 bridgehead atoms. The summed E-state index contributed by atoms with van der Waals surface area (Å²) in [5.74, 6) is -0.318. The fourth-order valence-electron chi connectivity index (χ4n) is 6.62. The van der Waals surface area contributed by atoms with Gasteiger partial charge in [-0.15, -0.1) is 0 Å². The molecule has 1 N–H and O–H groups in total. The van der Waals surface area contributed by atoms with E-state index in [0.717, 1.165) is 44.9 Å². The fourth-order valence-corrected chi connectivity index (χ4v) is 7.36. The zero-order valence-corrected chi connectivity index (χ0v) is 39.7. The molecule has 0 spiro atoms. The van der Waals surface area contributed by atoms with Crippen LogP contribution in [-0.4, -0.2) is 75.6 Å². The smallest absolute Gasteiger partial charge is 0.457 e. The minimum Gasteiger partial charge on any atom is -0.457 e. The second-order valence-corrected chi connectivity index (χ2v) is 18.9. The van der Waals surface area contributed by atoms with Crippen LogP contribution >= 0.6 is 7.82 Å². The molecule has 0 fully saturated rings. The molecule has 0 amide bonds. The second kappa shape index (κ2) is 42.4. The maximum atomic E-state index is 12.7. The Morgan fingerprint density at radius 1 is 0.534 bits per heavy atom. The average Bonchev–Trinajstić information content (AvgIpc) is 3.18. The van der Waals surface area contributed by atoms with Gasteiger partial charge in [0.1, 0.15) is 19.3 Å². The van der Waals surface area contributed by atoms with Crippen LogP contribution < -0.4 is 0 Å². The average molecular weight is 841 g/mol. The molecule has 58 heavy (non-hydrogen) atoms. The molecular weight excluding hydrogens is 746 g/mol. The van der Waals surface area contributed by atoms with Crippen molar-refractivity contribution in [3.05, 3.63) is 36.5 Å². The maximum absolute atomic E-state index is 12.7. The molecule has 0 aliphatic rings. The zero-order valence-electron chi connectivity index (χ0n) is 38.8. The highest BCUT2D eigenvalue weighted by molar-refractivity contribution is 7.47. The van der Waals surface area contributed by atoms with Crippen molar-refractivity contribution in [3.63, 3.8) is 0 Å². The van der Waals surface area contributed by atoms with Crippen LogP contribution in [0.3, 0.4) is 0 Å². The number of carbonyl (C=O) groups excluding carboxylic acids is 1. The first-order valence-electron chi connectivity index (χ1n) is 24.2. The van der Waals surface area contributed by atoms with Crippen LogP contribution in [0.5, 0.6) is 0 Å². The topological polar surface area (TPSA) is 91.3 Å². The van der Waals surface area contributed by atoms with Crippen LogP contribution in [-0.2, 0) is 27.9 Å². The quantitative estimate of drug-likeness (QED) is 0.0215. The van der Waals surface area contributed by atoms with Gasteiger partial charge in [0.25, 0.3) is 0 Å². The Kier molecular flexibility index (Phi) is 41.5. The van der Waals surface area contributed by atoms with Crippen molar-refractivity contribution in [3.8, 4) is 0 Å². The molecule has 342 valence electrons. The van der Waals surface area contributed by atoms with Gasteiger partial charge < -0.3 is 18.9 Å². The van der Waals surface area contributed by atoms with E-state index < -0.39 is 13.9 Å². The lowest BCUT2D eigenvalue weighted by Gasteiger charge is -2.24. The number of allylic oxidation sites excluding steroid dienone is 6. The molecule has 0 aromatic heterocycles. The third-order valence-corrected chi connectivity index (χ3v) is 11.4. The van der Waals surface area contributed by atoms with Crippen molar-refractivity contribution in [2.45, 2.75) is 219 Å². The van der Waals surface area contributed by atoms with Crippen LogP contribution in [0.1, 0.15) is 213 Å². The van der Waals surface area contributed by atoms with E-state index in [1.54, 1.807) is 0 Å². The van der Waals surface area contributed by atoms with Gasteiger partial charge in [0.05, 0.1) is 34.4 Å². The van der Waals surface area contributed by atoms with E-state index in [4.69, 9.17) is 18.5 Å². The van der Waals surface area contributed by atoms with Crippen molar-refractivity contribution in [1.29, 1.82) is 0 Å². The molecule has 0 aliphatic heterocycles. The number of unbranched alkanes of at least 4 members (excludes halogenated alkanes) is 25. The van der Waals surface area contributed by atoms with Crippen molar-refractivity contribution in [2.75, 3.05) is 54.1 Å². The van der Waals surface area contributed by atoms with Gasteiger partial charge >= 0.3 is 13.8 Å². The van der Waals surface area contributed by atoms with Crippen LogP contribution in [0.15, 0.2) is 36.5 Å². The van der Waals surface area contributed by atoms with Gasteiger partial charge in [-0.05, 0) is 64.2 Å². The normalized spacial score (nSPS) is 14.0. The molecule has 0 aliphatic carbocycles. The van der Waals surface area contributed by atoms with Gasteiger partial charge in [0.2, 0.25) is 0 Å². The molecule has 9 heteroatoms. The largest absolute Gasteiger partial charge is 0.472 e. The van der Waals surface area contributed by atoms with E-state index in [-0.39, 0.29) is 25.8 Å². The maximum Gasteiger partial charge on any atom is 0.472 e. The lowest BCUT2D eigenvalue weighted by Crippen LogP contribution is -2.37. The van der Waals surface area contributed by atoms with Crippen LogP contribution in [0, 0.1) is 0 Å². The minimum absolute atomic E-state index is 0.0861. The highest BCUT2D eigenvalue weighted by atomic mass is 31.2. The van der Waals surface area contributed by atoms with Gasteiger partial charge in [-0.2, -0.15) is 0 Å². The molecule has 0 rings (SSSR count). The molecule has 0 saturated carbocycles. The molecule has 0 aromatic rings. The van der Waals surface area contributed by atoms with E-state index in [2.05, 4.69) is 50.3 Å². The third-order valence-electron chi connectivity index (χ3n) is 10.4. The van der Waals surface area contributed by atoms with Gasteiger partial charge in [-0.3, -0.25) is 13.8 Å². The van der Waals surface area contributed by atoms with Crippen molar-refractivity contribution >= 4 is 13.8 Å². The summed E-state index contributed by atoms with van der Waals surface area (Å²) < 4.78 is 35.1. The number of hydrogen-bond donors (Lipinski definition) is 1. The van der Waals surface area contributed by atoms with Crippen molar-refractivity contribution < 1.29 is 37.3 Å². The number of carbonyl (C=O) groups is 1. The van der Waals surface area contributed by atoms with E-state index >= 15 is 0 Å². The Hall–Kier alpha value is -1.28. The van der Waals surface area contributed by atoms with E-state index in [1.165, 1.54) is 148 Å². The molecule has 0 aromatic carbocycles. The number of likely N-dealkylation sites (N-methyl/N-ethyl adjacent to an activating group) is 1. The summed E-state index contributed by atoms with van der Waals surface area (Å²) in [4.78, 5) is 23.0. The standard InChI is InChI=1S/C49H94NO7P/c1-6-8-10-12-14-16-18-20-22-23-24-25-26-27-28-30-32-34-36-38-40-42-49(51)57-48(47-56-58(52,53)55-45-43-50(3,4)5)46-54-44-41-39-37-35-33-31-29-21-19-17-15-13-11-9-7-2/h13,15,19,21,23-24,48H,6-12,14,16-18,20,22,25-47H2,1-5H3/p+1/b15-13-,21-19-,24-23-. The fraction of sp³-hybridized carbons (Fsp3) is 0.857. The molecule has 8 nitrogen and oxygen atoms in total. The summed E-state index contributed by atoms with van der Waals surface area (Å²) in [6.07, 6.45) is 50.4. The summed E-state index contributed by atoms with van der Waals surface area (Å²) in [5, 5.41) is 0. The van der Waals surface area contributed by atoms with Gasteiger partial charge in [0.15, 0.2) is 0 Å². The predicted molar refractivity (Wildman–Crippen MR) is 247 cm³/mol. The Morgan fingerprint density at radius 2 is 0.966 bits per heavy atom. The number of nitrogens with zero attached hydrogens (tertiary/aromatic N) is 1. The molecule has 2 unspecified atom stereocenters. The second-order valence-electron chi connectivity index (χ2n) is 17.5. The number of quaternary nitrogens is 1. The van der Waals surface area contributed by atoms with E-state index in [0.29, 0.717) is 24.1 Å². The minimum atomic E-state index is -4.28. The van der Waals surface area contributed by atoms with Crippen LogP contribution in [0.2, 0.25) is 0 Å². The third kappa shape index (κ3) is 45.8. The van der Waals surface area contributed by atoms with Gasteiger partial charge in [-0.1, -0.05) is 179 Å². The Bertz CT molecular complexity index is 1020. The number of phosphoric acid groups is 1. The lowest BCUT2D eigenvalue weighted by atomic mass is 10.1. The molecule has 2 atom stereocenters. The zero-order chi connectivity index (χ0) is 42.7. The molecular formula is C49H95NO7P+. The SMILES string of the molecule is CCCC/C=C\C/C=C\CCCCCCCCOCC(COP(=O)(O)OCC[N+](C)(C)C)OC(=O)CCCCCCCCCCC/C=C\CCCCCCCCCC. The lowest BCUT2D eigenvalue weighted by molar-refractivity contribution is -0.870. The van der Waals surface area contributed by atoms with Gasteiger partial charge in [0, 0.05) is 13.0 Å². The highest BCUT2D eigenvalue weighted by Crippen LogP contribution is 2.43. The predicted octanol–water partition coefficient (Wildman–Crippen LogP) is 14.6. The summed E-state index contributed by atoms with van der Waals surface area (Å²) in [6, 6.07) is 0. The number of esters is 1. The summed E-state index contributed by atoms with van der Waals surface area (Å²) >= 11 is 0. The van der Waals surface area contributed by atoms with Crippen LogP contribution in [0.4, 0.5) is 0 Å². The Morgan fingerprint density at radius 3 is 1.47 bits per heavy atom. The van der Waals surface area contributed by atoms with Crippen molar-refractivity contribution in [1.82, 2.24) is 0 Å². The monoisotopic (exact) mass is 841 g/mol. The molecule has 0 radical (unpaired) electrons. The number of phosphoric ester groups is 1. The van der Waals surface area contributed by atoms with Gasteiger partial charge in [-0.25, -0.2) is 4.57 Å². The summed E-state index contributed by atoms with van der Waals surface area (Å²) in [6.45, 7) is 5.58. The highest BCUT2D eigenvalue weighted by Gasteiger charge is 2.26. The number of ether oxygens (including phenoxy) is 2. The Labute approximate surface area is 359 Å². The molecule has 0 saturated heterocycles. The first kappa shape index (κ1) is 56.7. The molecule has 0 heterocycles. The van der Waals surface area contributed by atoms with E-state index in [1.807, 2.05) is 21.1 Å². The number of hydrogen-bond acceptors (Lipinski definition) is 6. The van der Waals surface area contributed by atoms with E-state index in [9.17, 15) is 14.3 Å². The number of rotatable bonds is 45. The van der Waals surface area contributed by atoms with Crippen LogP contribution in [0.25, 0.3) is 0 Å². The summed E-state index contributed by atoms with van der Waals surface area (Å²) in [7, 11) is 1.66. The first-order valence-corrected chi connectivity index (χ1v) is 25.7. The first-order chi connectivity index (χ1) is 28.1. The Balaban J connectivity index is 4.16. The van der Waals surface area contributed by atoms with Crippen molar-refractivity contribution in [2.24, 2.45) is 0 Å². The summed E-state index contributed by atoms with van der Waals surface area (Å²) in [5.41, 5.74) is 0.